The second-order valence-electron chi connectivity index (χ2n) is 4.71. The summed E-state index contributed by atoms with van der Waals surface area (Å²) in [4.78, 5) is 0. The van der Waals surface area contributed by atoms with Gasteiger partial charge in [0.1, 0.15) is 0 Å². The van der Waals surface area contributed by atoms with Gasteiger partial charge in [-0.1, -0.05) is 13.0 Å². The second-order valence-corrected chi connectivity index (χ2v) is 4.71. The summed E-state index contributed by atoms with van der Waals surface area (Å²) >= 11 is 0. The van der Waals surface area contributed by atoms with Gasteiger partial charge in [-0.3, -0.25) is 16.0 Å². The number of aryl methyl sites for hydroxylation is 1. The Kier molecular flexibility index (Phi) is 4.81. The Morgan fingerprint density at radius 2 is 2.15 bits per heavy atom. The third-order valence-electron chi connectivity index (χ3n) is 3.13. The molecule has 6 heteroatoms. The minimum atomic E-state index is -0.847. The molecule has 1 aromatic carbocycles. The normalized spacial score (nSPS) is 12.6. The summed E-state index contributed by atoms with van der Waals surface area (Å²) in [5.74, 6) is 3.86. The highest BCUT2D eigenvalue weighted by atomic mass is 19.2. The fraction of sp³-hybridized carbons (Fsp3) is 0.357. The van der Waals surface area contributed by atoms with Gasteiger partial charge in [0.15, 0.2) is 11.6 Å². The summed E-state index contributed by atoms with van der Waals surface area (Å²) in [6.45, 7) is 2.91. The van der Waals surface area contributed by atoms with Gasteiger partial charge in [0.05, 0.1) is 12.2 Å². The molecule has 0 bridgehead atoms. The molecule has 0 spiro atoms. The van der Waals surface area contributed by atoms with Crippen molar-refractivity contribution in [3.8, 4) is 0 Å². The first kappa shape index (κ1) is 14.6. The molecule has 108 valence electrons. The maximum absolute atomic E-state index is 13.2. The van der Waals surface area contributed by atoms with Crippen molar-refractivity contribution in [2.75, 3.05) is 0 Å². The third kappa shape index (κ3) is 3.40. The predicted octanol–water partition coefficient (Wildman–Crippen LogP) is 2.32. The molecule has 3 N–H and O–H groups in total. The number of benzene rings is 1. The molecule has 4 nitrogen and oxygen atoms in total. The minimum Gasteiger partial charge on any atom is -0.272 e. The van der Waals surface area contributed by atoms with E-state index in [2.05, 4.69) is 17.4 Å². The summed E-state index contributed by atoms with van der Waals surface area (Å²) in [6.07, 6.45) is 5.10. The van der Waals surface area contributed by atoms with Crippen LogP contribution in [-0.2, 0) is 13.0 Å². The number of aromatic nitrogens is 2. The van der Waals surface area contributed by atoms with Crippen LogP contribution >= 0.6 is 0 Å². The van der Waals surface area contributed by atoms with Gasteiger partial charge in [-0.25, -0.2) is 8.78 Å². The van der Waals surface area contributed by atoms with E-state index in [1.54, 1.807) is 12.3 Å². The molecule has 0 saturated carbocycles. The Balaban J connectivity index is 2.12. The molecule has 1 heterocycles. The maximum Gasteiger partial charge on any atom is 0.159 e. The van der Waals surface area contributed by atoms with Crippen molar-refractivity contribution in [1.82, 2.24) is 15.2 Å². The van der Waals surface area contributed by atoms with Crippen LogP contribution in [0.15, 0.2) is 30.6 Å². The molecule has 0 aliphatic carbocycles. The summed E-state index contributed by atoms with van der Waals surface area (Å²) in [5, 5.41) is 4.24. The van der Waals surface area contributed by atoms with E-state index in [0.717, 1.165) is 24.6 Å². The molecule has 0 aliphatic heterocycles. The van der Waals surface area contributed by atoms with E-state index in [4.69, 9.17) is 5.84 Å². The molecular weight excluding hydrogens is 262 g/mol. The largest absolute Gasteiger partial charge is 0.272 e. The van der Waals surface area contributed by atoms with Crippen LogP contribution in [0.4, 0.5) is 8.78 Å². The van der Waals surface area contributed by atoms with Crippen LogP contribution in [0.25, 0.3) is 0 Å². The monoisotopic (exact) mass is 280 g/mol. The highest BCUT2D eigenvalue weighted by molar-refractivity contribution is 5.22. The number of hydrazine groups is 1. The third-order valence-corrected chi connectivity index (χ3v) is 3.13. The van der Waals surface area contributed by atoms with Crippen molar-refractivity contribution in [2.24, 2.45) is 5.84 Å². The lowest BCUT2D eigenvalue weighted by atomic mass is 10.0. The Bertz CT molecular complexity index is 568. The van der Waals surface area contributed by atoms with E-state index >= 15 is 0 Å². The molecule has 2 aromatic rings. The summed E-state index contributed by atoms with van der Waals surface area (Å²) in [6, 6.07) is 3.68. The Morgan fingerprint density at radius 1 is 1.35 bits per heavy atom. The predicted molar refractivity (Wildman–Crippen MR) is 72.6 cm³/mol. The first-order valence-corrected chi connectivity index (χ1v) is 6.56. The van der Waals surface area contributed by atoms with Crippen LogP contribution in [0.2, 0.25) is 0 Å². The lowest BCUT2D eigenvalue weighted by molar-refractivity contribution is 0.502. The van der Waals surface area contributed by atoms with Gasteiger partial charge >= 0.3 is 0 Å². The van der Waals surface area contributed by atoms with Crippen molar-refractivity contribution in [2.45, 2.75) is 32.4 Å². The van der Waals surface area contributed by atoms with Crippen molar-refractivity contribution >= 4 is 0 Å². The number of rotatable bonds is 6. The molecule has 0 radical (unpaired) electrons. The highest BCUT2D eigenvalue weighted by Gasteiger charge is 2.14. The van der Waals surface area contributed by atoms with E-state index < -0.39 is 11.6 Å². The molecule has 1 aromatic heterocycles. The lowest BCUT2D eigenvalue weighted by Gasteiger charge is -2.14. The zero-order valence-electron chi connectivity index (χ0n) is 11.3. The SMILES string of the molecule is CCCn1cc(C(Cc2ccc(F)c(F)c2)NN)cn1. The van der Waals surface area contributed by atoms with E-state index in [0.29, 0.717) is 12.0 Å². The smallest absolute Gasteiger partial charge is 0.159 e. The zero-order valence-corrected chi connectivity index (χ0v) is 11.3. The minimum absolute atomic E-state index is 0.189. The first-order chi connectivity index (χ1) is 9.63. The van der Waals surface area contributed by atoms with E-state index in [1.807, 2.05) is 10.9 Å². The first-order valence-electron chi connectivity index (χ1n) is 6.56. The van der Waals surface area contributed by atoms with Gasteiger partial charge in [0.25, 0.3) is 0 Å². The Labute approximate surface area is 116 Å². The van der Waals surface area contributed by atoms with Crippen molar-refractivity contribution in [1.29, 1.82) is 0 Å². The Hall–Kier alpha value is -1.79. The molecule has 20 heavy (non-hydrogen) atoms. The van der Waals surface area contributed by atoms with Gasteiger partial charge < -0.3 is 0 Å². The molecule has 2 rings (SSSR count). The molecule has 1 unspecified atom stereocenters. The van der Waals surface area contributed by atoms with Crippen LogP contribution in [-0.4, -0.2) is 9.78 Å². The van der Waals surface area contributed by atoms with Gasteiger partial charge in [-0.05, 0) is 30.5 Å². The number of hydrogen-bond donors (Lipinski definition) is 2. The lowest BCUT2D eigenvalue weighted by Crippen LogP contribution is -2.29. The zero-order chi connectivity index (χ0) is 14.5. The topological polar surface area (TPSA) is 55.9 Å². The quantitative estimate of drug-likeness (QED) is 0.630. The van der Waals surface area contributed by atoms with E-state index in [-0.39, 0.29) is 6.04 Å². The van der Waals surface area contributed by atoms with Gasteiger partial charge in [-0.15, -0.1) is 0 Å². The van der Waals surface area contributed by atoms with Crippen molar-refractivity contribution < 1.29 is 8.78 Å². The van der Waals surface area contributed by atoms with Gasteiger partial charge in [0.2, 0.25) is 0 Å². The number of nitrogens with zero attached hydrogens (tertiary/aromatic N) is 2. The standard InChI is InChI=1S/C14H18F2N4/c1-2-5-20-9-11(8-18-20)14(19-17)7-10-3-4-12(15)13(16)6-10/h3-4,6,8-9,14,19H,2,5,7,17H2,1H3. The molecular formula is C14H18F2N4. The molecule has 0 aliphatic rings. The van der Waals surface area contributed by atoms with Gasteiger partial charge in [0, 0.05) is 18.3 Å². The molecule has 1 atom stereocenters. The summed E-state index contributed by atoms with van der Waals surface area (Å²) in [7, 11) is 0. The fourth-order valence-electron chi connectivity index (χ4n) is 2.09. The van der Waals surface area contributed by atoms with Gasteiger partial charge in [-0.2, -0.15) is 5.10 Å². The van der Waals surface area contributed by atoms with Crippen LogP contribution in [0.5, 0.6) is 0 Å². The number of nitrogens with one attached hydrogen (secondary N) is 1. The second kappa shape index (κ2) is 6.58. The average Bonchev–Trinajstić information content (AvgIpc) is 2.89. The van der Waals surface area contributed by atoms with Crippen LogP contribution in [0.1, 0.15) is 30.5 Å². The van der Waals surface area contributed by atoms with Crippen LogP contribution in [0.3, 0.4) is 0 Å². The fourth-order valence-corrected chi connectivity index (χ4v) is 2.09. The van der Waals surface area contributed by atoms with E-state index in [1.165, 1.54) is 6.07 Å². The number of halogens is 2. The summed E-state index contributed by atoms with van der Waals surface area (Å²) in [5.41, 5.74) is 4.28. The average molecular weight is 280 g/mol. The van der Waals surface area contributed by atoms with Crippen molar-refractivity contribution in [3.05, 3.63) is 53.4 Å². The molecule has 0 fully saturated rings. The van der Waals surface area contributed by atoms with Crippen LogP contribution < -0.4 is 11.3 Å². The number of nitrogens with two attached hydrogens (primary N) is 1. The van der Waals surface area contributed by atoms with Crippen LogP contribution in [0, 0.1) is 11.6 Å². The molecule has 0 amide bonds. The Morgan fingerprint density at radius 3 is 2.80 bits per heavy atom. The maximum atomic E-state index is 13.2. The molecule has 0 saturated heterocycles. The van der Waals surface area contributed by atoms with Crippen molar-refractivity contribution in [3.63, 3.8) is 0 Å². The van der Waals surface area contributed by atoms with E-state index in [9.17, 15) is 8.78 Å². The summed E-state index contributed by atoms with van der Waals surface area (Å²) < 4.78 is 27.9. The highest BCUT2D eigenvalue weighted by Crippen LogP contribution is 2.19. The number of hydrogen-bond acceptors (Lipinski definition) is 3.